The summed E-state index contributed by atoms with van der Waals surface area (Å²) >= 11 is 1.36. The molecule has 8 rings (SSSR count). The van der Waals surface area contributed by atoms with Crippen LogP contribution in [0.2, 0.25) is 0 Å². The Morgan fingerprint density at radius 3 is 1.67 bits per heavy atom. The summed E-state index contributed by atoms with van der Waals surface area (Å²) < 4.78 is 0. The van der Waals surface area contributed by atoms with Crippen LogP contribution in [0.15, 0.2) is 133 Å². The Hall–Kier alpha value is -3.84. The molecule has 8 aromatic carbocycles. The van der Waals surface area contributed by atoms with Crippen LogP contribution in [0.3, 0.4) is 0 Å². The van der Waals surface area contributed by atoms with Crippen molar-refractivity contribution >= 4 is 50.0 Å². The first kappa shape index (κ1) is 37.0. The van der Waals surface area contributed by atoms with Crippen molar-refractivity contribution in [1.29, 1.82) is 0 Å². The van der Waals surface area contributed by atoms with Crippen LogP contribution in [-0.4, -0.2) is 6.88 Å². The van der Waals surface area contributed by atoms with E-state index in [2.05, 4.69) is 175 Å². The molecule has 0 spiro atoms. The van der Waals surface area contributed by atoms with Gasteiger partial charge in [-0.25, -0.2) is 0 Å². The van der Waals surface area contributed by atoms with E-state index in [0.717, 1.165) is 0 Å². The van der Waals surface area contributed by atoms with Crippen LogP contribution < -0.4 is 0 Å². The molecule has 2 radical (unpaired) electrons. The summed E-state index contributed by atoms with van der Waals surface area (Å²) in [5, 5.41) is 10.7. The molecule has 2 heteroatoms. The molecule has 0 saturated carbocycles. The van der Waals surface area contributed by atoms with E-state index in [4.69, 9.17) is 0 Å². The number of fused-ring (bicyclic) bond motifs is 4. The van der Waals surface area contributed by atoms with Crippen LogP contribution >= 0.6 is 0 Å². The maximum atomic E-state index is 3.06. The van der Waals surface area contributed by atoms with E-state index in [1.54, 1.807) is 0 Å². The molecule has 0 atom stereocenters. The van der Waals surface area contributed by atoms with Crippen molar-refractivity contribution in [1.82, 2.24) is 0 Å². The molecule has 0 fully saturated rings. The van der Waals surface area contributed by atoms with Gasteiger partial charge in [-0.05, 0) is 45.5 Å². The Balaban J connectivity index is 0.000000198. The van der Waals surface area contributed by atoms with Gasteiger partial charge in [0.2, 0.25) is 0 Å². The summed E-state index contributed by atoms with van der Waals surface area (Å²) in [4.78, 5) is 0. The first-order chi connectivity index (χ1) is 22.4. The quantitative estimate of drug-likeness (QED) is 0.126. The molecule has 0 aliphatic carbocycles. The zero-order valence-electron chi connectivity index (χ0n) is 29.3. The van der Waals surface area contributed by atoms with Gasteiger partial charge < -0.3 is 14.9 Å². The number of rotatable bonds is 3. The topological polar surface area (TPSA) is 0 Å². The summed E-state index contributed by atoms with van der Waals surface area (Å²) in [5.74, 6) is 0.563. The van der Waals surface area contributed by atoms with Crippen LogP contribution in [0.4, 0.5) is 0 Å². The molecule has 0 nitrogen and oxygen atoms in total. The zero-order chi connectivity index (χ0) is 32.4. The predicted molar refractivity (Wildman–Crippen MR) is 212 cm³/mol. The average Bonchev–Trinajstić information content (AvgIpc) is 3.70. The van der Waals surface area contributed by atoms with E-state index < -0.39 is 0 Å². The average molecular weight is 716 g/mol. The molecular weight excluding hydrogens is 672 g/mol. The van der Waals surface area contributed by atoms with Gasteiger partial charge in [-0.1, -0.05) is 141 Å². The Morgan fingerprint density at radius 1 is 0.521 bits per heavy atom. The molecule has 0 aromatic heterocycles. The molecule has 48 heavy (non-hydrogen) atoms. The first-order valence-corrected chi connectivity index (χ1v) is 20.2. The third-order valence-corrected chi connectivity index (χ3v) is 9.13. The molecule has 0 saturated heterocycles. The SMILES string of the molecule is CC(C)c1cc2c(-c3cccc4ccccc34)cccc2[cH-]1.Cc1cc2c(-c3cccc4ccccc34)c(C)cc(C)c2[cH-]1.[CH3-].[CH3-].[Si]=[Zr]. The van der Waals surface area contributed by atoms with Crippen molar-refractivity contribution in [2.75, 3.05) is 0 Å². The Bertz CT molecular complexity index is 2300. The monoisotopic (exact) mass is 714 g/mol. The fourth-order valence-corrected chi connectivity index (χ4v) is 6.96. The zero-order valence-corrected chi connectivity index (χ0v) is 32.7. The Morgan fingerprint density at radius 2 is 1.04 bits per heavy atom. The van der Waals surface area contributed by atoms with Gasteiger partial charge in [0.05, 0.1) is 0 Å². The molecule has 8 aromatic rings. The van der Waals surface area contributed by atoms with Crippen molar-refractivity contribution < 1.29 is 23.3 Å². The van der Waals surface area contributed by atoms with Crippen LogP contribution in [0.5, 0.6) is 0 Å². The molecule has 0 N–H and O–H groups in total. The third kappa shape index (κ3) is 7.12. The van der Waals surface area contributed by atoms with Gasteiger partial charge in [0.15, 0.2) is 0 Å². The van der Waals surface area contributed by atoms with E-state index >= 15 is 0 Å². The van der Waals surface area contributed by atoms with Crippen molar-refractivity contribution in [3.05, 3.63) is 171 Å². The third-order valence-electron chi connectivity index (χ3n) is 9.13. The summed E-state index contributed by atoms with van der Waals surface area (Å²) in [6.07, 6.45) is 0. The molecule has 0 bridgehead atoms. The maximum absolute atomic E-state index is 3.06. The van der Waals surface area contributed by atoms with Crippen LogP contribution in [0.25, 0.3) is 65.3 Å². The second-order valence-electron chi connectivity index (χ2n) is 12.6. The number of hydrogen-bond donors (Lipinski definition) is 0. The van der Waals surface area contributed by atoms with Crippen molar-refractivity contribution in [3.63, 3.8) is 0 Å². The van der Waals surface area contributed by atoms with Crippen LogP contribution in [0, 0.1) is 35.6 Å². The van der Waals surface area contributed by atoms with Gasteiger partial charge in [0.25, 0.3) is 0 Å². The Kier molecular flexibility index (Phi) is 12.4. The van der Waals surface area contributed by atoms with Gasteiger partial charge in [-0.3, -0.25) is 0 Å². The van der Waals surface area contributed by atoms with Gasteiger partial charge in [0, 0.05) is 0 Å². The van der Waals surface area contributed by atoms with Gasteiger partial charge in [0.1, 0.15) is 0 Å². The van der Waals surface area contributed by atoms with E-state index in [1.165, 1.54) is 111 Å². The minimum atomic E-state index is 0. The summed E-state index contributed by atoms with van der Waals surface area (Å²) in [7, 11) is 0. The summed E-state index contributed by atoms with van der Waals surface area (Å²) in [6, 6.07) is 48.7. The van der Waals surface area contributed by atoms with E-state index in [9.17, 15) is 0 Å². The molecule has 0 unspecified atom stereocenters. The van der Waals surface area contributed by atoms with Crippen LogP contribution in [0.1, 0.15) is 42.0 Å². The van der Waals surface area contributed by atoms with Crippen molar-refractivity contribution in [3.8, 4) is 22.3 Å². The molecular formula is C46H44SiZr-4. The predicted octanol–water partition coefficient (Wildman–Crippen LogP) is 13.3. The minimum absolute atomic E-state index is 0. The van der Waals surface area contributed by atoms with Crippen LogP contribution in [-0.2, 0) is 23.3 Å². The molecule has 0 amide bonds. The second-order valence-corrected chi connectivity index (χ2v) is 12.6. The first-order valence-electron chi connectivity index (χ1n) is 16.0. The normalized spacial score (nSPS) is 10.6. The molecule has 0 aliphatic rings. The van der Waals surface area contributed by atoms with E-state index in [1.807, 2.05) is 0 Å². The number of benzene rings is 6. The molecule has 0 heterocycles. The fraction of sp³-hybridized carbons (Fsp3) is 0.130. The summed E-state index contributed by atoms with van der Waals surface area (Å²) in [5.41, 5.74) is 10.9. The molecule has 0 aliphatic heterocycles. The van der Waals surface area contributed by atoms with Crippen molar-refractivity contribution in [2.45, 2.75) is 40.5 Å². The standard InChI is InChI=1S/2C22H19.2CH3.Si.Zr/c1-14-11-20-15(2)13-16(3)22(21(20)12-14)19-10-6-8-17-7-4-5-9-18(17)19;1-15(2)18-13-17-9-6-12-21(22(17)14-18)20-11-5-8-16-7-3-4-10-19(16)20;;;;/h4-13H,1-3H3;3-15H,1-2H3;2*1H3;;/q4*-1;;. The van der Waals surface area contributed by atoms with Gasteiger partial charge in [-0.15, -0.1) is 62.5 Å². The van der Waals surface area contributed by atoms with Gasteiger partial charge >= 0.3 is 30.2 Å². The van der Waals surface area contributed by atoms with E-state index in [-0.39, 0.29) is 14.9 Å². The molecule has 240 valence electrons. The number of hydrogen-bond acceptors (Lipinski definition) is 0. The van der Waals surface area contributed by atoms with E-state index in [0.29, 0.717) is 5.92 Å². The fourth-order valence-electron chi connectivity index (χ4n) is 6.96. The second kappa shape index (κ2) is 16.0. The van der Waals surface area contributed by atoms with Crippen molar-refractivity contribution in [2.24, 2.45) is 0 Å². The van der Waals surface area contributed by atoms with Gasteiger partial charge in [-0.2, -0.15) is 12.1 Å². The summed E-state index contributed by atoms with van der Waals surface area (Å²) in [6.45, 7) is 14.2. The Labute approximate surface area is 304 Å². The number of aryl methyl sites for hydroxylation is 3.